The molecular weight excluding hydrogens is 446 g/mol. The first-order valence-corrected chi connectivity index (χ1v) is 10.9. The van der Waals surface area contributed by atoms with Crippen LogP contribution < -0.4 is 15.5 Å². The molecule has 0 spiro atoms. The van der Waals surface area contributed by atoms with E-state index in [0.717, 1.165) is 25.2 Å². The average molecular weight is 472 g/mol. The molecule has 0 bridgehead atoms. The lowest BCUT2D eigenvalue weighted by Crippen LogP contribution is -2.46. The van der Waals surface area contributed by atoms with E-state index < -0.39 is 23.6 Å². The number of benzene rings is 2. The number of carbonyl (C=O) groups is 1. The van der Waals surface area contributed by atoms with Crippen LogP contribution in [0.4, 0.5) is 8.78 Å². The van der Waals surface area contributed by atoms with Crippen molar-refractivity contribution >= 4 is 11.7 Å². The van der Waals surface area contributed by atoms with E-state index in [-0.39, 0.29) is 35.3 Å². The van der Waals surface area contributed by atoms with Crippen molar-refractivity contribution in [2.45, 2.75) is 31.5 Å². The second-order valence-corrected chi connectivity index (χ2v) is 8.09. The van der Waals surface area contributed by atoms with E-state index in [9.17, 15) is 18.7 Å². The Bertz CT molecular complexity index is 1120. The summed E-state index contributed by atoms with van der Waals surface area (Å²) in [4.78, 5) is 12.5. The fourth-order valence-corrected chi connectivity index (χ4v) is 4.18. The summed E-state index contributed by atoms with van der Waals surface area (Å²) in [7, 11) is 1.37. The van der Waals surface area contributed by atoms with Crippen LogP contribution in [0.15, 0.2) is 48.2 Å². The minimum Gasteiger partial charge on any atom is -0.515 e. The largest absolute Gasteiger partial charge is 0.515 e. The monoisotopic (exact) mass is 472 g/mol. The first-order valence-electron chi connectivity index (χ1n) is 10.9. The maximum Gasteiger partial charge on any atom is 0.255 e. The van der Waals surface area contributed by atoms with Gasteiger partial charge in [-0.1, -0.05) is 12.1 Å². The Morgan fingerprint density at radius 3 is 2.74 bits per heavy atom. The third kappa shape index (κ3) is 4.73. The highest BCUT2D eigenvalue weighted by molar-refractivity contribution is 5.99. The number of carbonyl (C=O) groups excluding carboxylic acids is 1. The summed E-state index contributed by atoms with van der Waals surface area (Å²) in [6, 6.07) is 7.56. The Hall–Kier alpha value is -3.50. The van der Waals surface area contributed by atoms with Crippen molar-refractivity contribution in [2.75, 3.05) is 20.3 Å². The molecule has 34 heavy (non-hydrogen) atoms. The average Bonchev–Trinajstić information content (AvgIpc) is 3.19. The zero-order valence-electron chi connectivity index (χ0n) is 18.6. The Morgan fingerprint density at radius 1 is 1.29 bits per heavy atom. The Kier molecular flexibility index (Phi) is 7.09. The van der Waals surface area contributed by atoms with Gasteiger partial charge in [-0.15, -0.1) is 0 Å². The molecule has 4 N–H and O–H groups in total. The van der Waals surface area contributed by atoms with Gasteiger partial charge in [-0.25, -0.2) is 14.2 Å². The number of hydrazine groups is 1. The normalized spacial score (nSPS) is 20.1. The van der Waals surface area contributed by atoms with Gasteiger partial charge in [0.2, 0.25) is 0 Å². The summed E-state index contributed by atoms with van der Waals surface area (Å²) in [6.45, 7) is 1.07. The first kappa shape index (κ1) is 23.7. The van der Waals surface area contributed by atoms with Gasteiger partial charge in [0, 0.05) is 25.3 Å². The number of aliphatic hydroxyl groups excluding tert-OH is 1. The van der Waals surface area contributed by atoms with E-state index in [0.29, 0.717) is 24.4 Å². The fourth-order valence-electron chi connectivity index (χ4n) is 4.18. The van der Waals surface area contributed by atoms with Crippen molar-refractivity contribution in [3.05, 3.63) is 76.6 Å². The topological polar surface area (TPSA) is 107 Å². The second-order valence-electron chi connectivity index (χ2n) is 8.09. The number of methoxy groups -OCH3 is 1. The molecule has 2 heterocycles. The third-order valence-corrected chi connectivity index (χ3v) is 6.04. The molecule has 2 aliphatic rings. The van der Waals surface area contributed by atoms with Crippen LogP contribution in [0.5, 0.6) is 5.75 Å². The van der Waals surface area contributed by atoms with Crippen LogP contribution in [0.1, 0.15) is 40.4 Å². The predicted octanol–water partition coefficient (Wildman–Crippen LogP) is 3.36. The fraction of sp³-hybridized carbons (Fsp3) is 0.333. The zero-order valence-corrected chi connectivity index (χ0v) is 18.6. The lowest BCUT2D eigenvalue weighted by atomic mass is 9.99. The number of nitrogens with zero attached hydrogens (tertiary/aromatic N) is 1. The molecule has 10 heteroatoms. The summed E-state index contributed by atoms with van der Waals surface area (Å²) in [5, 5.41) is 22.5. The van der Waals surface area contributed by atoms with E-state index in [1.165, 1.54) is 31.4 Å². The van der Waals surface area contributed by atoms with Gasteiger partial charge in [-0.05, 0) is 42.7 Å². The van der Waals surface area contributed by atoms with Crippen LogP contribution in [0.25, 0.3) is 0 Å². The number of halogens is 2. The van der Waals surface area contributed by atoms with Crippen LogP contribution in [-0.4, -0.2) is 48.2 Å². The molecule has 0 radical (unpaired) electrons. The van der Waals surface area contributed by atoms with Crippen molar-refractivity contribution < 1.29 is 28.2 Å². The highest BCUT2D eigenvalue weighted by Gasteiger charge is 2.37. The van der Waals surface area contributed by atoms with Gasteiger partial charge in [0.15, 0.2) is 0 Å². The molecule has 4 rings (SSSR count). The summed E-state index contributed by atoms with van der Waals surface area (Å²) >= 11 is 0. The summed E-state index contributed by atoms with van der Waals surface area (Å²) in [5.74, 6) is -1.39. The Morgan fingerprint density at radius 2 is 2.06 bits per heavy atom. The van der Waals surface area contributed by atoms with Crippen LogP contribution in [0.2, 0.25) is 0 Å². The number of aliphatic hydroxyl groups is 1. The van der Waals surface area contributed by atoms with Gasteiger partial charge in [0.05, 0.1) is 36.6 Å². The quantitative estimate of drug-likeness (QED) is 0.481. The van der Waals surface area contributed by atoms with Crippen LogP contribution in [0.3, 0.4) is 0 Å². The number of amidine groups is 1. The van der Waals surface area contributed by atoms with E-state index in [2.05, 4.69) is 10.7 Å². The molecular formula is C24H26F2N4O4. The molecule has 8 nitrogen and oxygen atoms in total. The number of amides is 1. The number of ether oxygens (including phenoxy) is 2. The van der Waals surface area contributed by atoms with Crippen molar-refractivity contribution in [2.24, 2.45) is 0 Å². The van der Waals surface area contributed by atoms with Crippen LogP contribution in [0, 0.1) is 17.0 Å². The SMILES string of the molecule is COc1ccc(F)cc1C(=O)NCc1ccc(C2NN(C3CCOCC3)C(=N)C2=CO)cc1F. The molecule has 2 aromatic carbocycles. The summed E-state index contributed by atoms with van der Waals surface area (Å²) in [5.41, 5.74) is 4.31. The van der Waals surface area contributed by atoms with Gasteiger partial charge in [-0.3, -0.25) is 15.2 Å². The minimum absolute atomic E-state index is 0.0131. The molecule has 2 saturated heterocycles. The standard InChI is InChI=1S/C24H26F2N4O4/c1-33-21-5-4-16(25)11-18(21)24(32)28-12-15-3-2-14(10-20(15)26)22-19(13-31)23(27)30(29-22)17-6-8-34-9-7-17/h2-5,10-11,13,17,22,27,29,31H,6-9,12H2,1H3,(H,28,32). The summed E-state index contributed by atoms with van der Waals surface area (Å²) in [6.07, 6.45) is 2.35. The molecule has 0 aromatic heterocycles. The number of hydrogen-bond acceptors (Lipinski definition) is 6. The van der Waals surface area contributed by atoms with Gasteiger partial charge in [0.1, 0.15) is 23.2 Å². The van der Waals surface area contributed by atoms with Crippen molar-refractivity contribution in [3.63, 3.8) is 0 Å². The van der Waals surface area contributed by atoms with Crippen molar-refractivity contribution in [3.8, 4) is 5.75 Å². The third-order valence-electron chi connectivity index (χ3n) is 6.04. The molecule has 2 aromatic rings. The maximum atomic E-state index is 14.9. The smallest absolute Gasteiger partial charge is 0.255 e. The molecule has 0 saturated carbocycles. The van der Waals surface area contributed by atoms with E-state index in [1.807, 2.05) is 0 Å². The van der Waals surface area contributed by atoms with Crippen molar-refractivity contribution in [1.29, 1.82) is 5.41 Å². The zero-order chi connectivity index (χ0) is 24.2. The molecule has 2 fully saturated rings. The molecule has 2 aliphatic heterocycles. The van der Waals surface area contributed by atoms with Crippen LogP contribution >= 0.6 is 0 Å². The molecule has 180 valence electrons. The predicted molar refractivity (Wildman–Crippen MR) is 121 cm³/mol. The van der Waals surface area contributed by atoms with Gasteiger partial charge >= 0.3 is 0 Å². The number of hydrogen-bond donors (Lipinski definition) is 4. The first-order chi connectivity index (χ1) is 16.4. The molecule has 1 amide bonds. The highest BCUT2D eigenvalue weighted by atomic mass is 19.1. The molecule has 1 unspecified atom stereocenters. The van der Waals surface area contributed by atoms with Gasteiger partial charge < -0.3 is 19.9 Å². The van der Waals surface area contributed by atoms with Crippen molar-refractivity contribution in [1.82, 2.24) is 15.8 Å². The van der Waals surface area contributed by atoms with Crippen LogP contribution in [-0.2, 0) is 11.3 Å². The molecule has 1 atom stereocenters. The summed E-state index contributed by atoms with van der Waals surface area (Å²) < 4.78 is 38.9. The lowest BCUT2D eigenvalue weighted by molar-refractivity contribution is 0.0439. The highest BCUT2D eigenvalue weighted by Crippen LogP contribution is 2.32. The molecule has 0 aliphatic carbocycles. The number of rotatable bonds is 6. The Balaban J connectivity index is 1.47. The number of nitrogens with one attached hydrogen (secondary N) is 3. The van der Waals surface area contributed by atoms with E-state index >= 15 is 0 Å². The van der Waals surface area contributed by atoms with Gasteiger partial charge in [0.25, 0.3) is 5.91 Å². The Labute approximate surface area is 195 Å². The minimum atomic E-state index is -0.594. The van der Waals surface area contributed by atoms with E-state index in [4.69, 9.17) is 14.9 Å². The maximum absolute atomic E-state index is 14.9. The second kappa shape index (κ2) is 10.2. The van der Waals surface area contributed by atoms with Gasteiger partial charge in [-0.2, -0.15) is 0 Å². The van der Waals surface area contributed by atoms with E-state index in [1.54, 1.807) is 11.1 Å². The lowest BCUT2D eigenvalue weighted by Gasteiger charge is -2.32.